The van der Waals surface area contributed by atoms with Crippen LogP contribution in [0.25, 0.3) is 0 Å². The number of rotatable bonds is 4. The molecule has 0 bridgehead atoms. The molecule has 0 aliphatic carbocycles. The first kappa shape index (κ1) is 14.9. The Kier molecular flexibility index (Phi) is 4.81. The lowest BCUT2D eigenvalue weighted by atomic mass is 10.2. The number of hydrogen-bond acceptors (Lipinski definition) is 3. The van der Waals surface area contributed by atoms with E-state index < -0.39 is 0 Å². The molecule has 0 saturated carbocycles. The number of nitriles is 1. The number of anilines is 1. The standard InChI is InChI=1S/C16H13ClN2O2/c1-11-8-13(17)6-7-15(11)21-10-16(20)19-14-5-3-2-4-12(14)9-18/h2-8H,10H2,1H3,(H,19,20). The molecule has 0 radical (unpaired) electrons. The second-order valence-electron chi connectivity index (χ2n) is 4.40. The fourth-order valence-corrected chi connectivity index (χ4v) is 2.02. The van der Waals surface area contributed by atoms with Crippen molar-refractivity contribution in [3.8, 4) is 11.8 Å². The Labute approximate surface area is 127 Å². The van der Waals surface area contributed by atoms with Gasteiger partial charge < -0.3 is 10.1 Å². The van der Waals surface area contributed by atoms with E-state index in [-0.39, 0.29) is 12.5 Å². The van der Waals surface area contributed by atoms with Crippen molar-refractivity contribution in [1.29, 1.82) is 5.26 Å². The molecule has 21 heavy (non-hydrogen) atoms. The summed E-state index contributed by atoms with van der Waals surface area (Å²) in [5.41, 5.74) is 1.74. The molecule has 2 rings (SSSR count). The van der Waals surface area contributed by atoms with E-state index in [1.807, 2.05) is 13.0 Å². The highest BCUT2D eigenvalue weighted by Crippen LogP contribution is 2.21. The first-order valence-electron chi connectivity index (χ1n) is 6.28. The fraction of sp³-hybridized carbons (Fsp3) is 0.125. The molecule has 0 aromatic heterocycles. The number of benzene rings is 2. The maximum Gasteiger partial charge on any atom is 0.262 e. The number of hydrogen-bond donors (Lipinski definition) is 1. The summed E-state index contributed by atoms with van der Waals surface area (Å²) in [5, 5.41) is 12.2. The third kappa shape index (κ3) is 3.98. The summed E-state index contributed by atoms with van der Waals surface area (Å²) < 4.78 is 5.45. The number of ether oxygens (including phenoxy) is 1. The van der Waals surface area contributed by atoms with E-state index in [2.05, 4.69) is 5.32 Å². The summed E-state index contributed by atoms with van der Waals surface area (Å²) in [6.07, 6.45) is 0. The van der Waals surface area contributed by atoms with Crippen LogP contribution in [0.15, 0.2) is 42.5 Å². The number of para-hydroxylation sites is 1. The van der Waals surface area contributed by atoms with Crippen molar-refractivity contribution in [2.24, 2.45) is 0 Å². The largest absolute Gasteiger partial charge is 0.483 e. The molecule has 2 aromatic carbocycles. The van der Waals surface area contributed by atoms with Gasteiger partial charge in [-0.3, -0.25) is 4.79 Å². The second-order valence-corrected chi connectivity index (χ2v) is 4.84. The summed E-state index contributed by atoms with van der Waals surface area (Å²) in [5.74, 6) is 0.273. The van der Waals surface area contributed by atoms with Crippen LogP contribution in [0.3, 0.4) is 0 Å². The van der Waals surface area contributed by atoms with Crippen molar-refractivity contribution in [2.45, 2.75) is 6.92 Å². The summed E-state index contributed by atoms with van der Waals surface area (Å²) >= 11 is 5.85. The molecule has 1 amide bonds. The van der Waals surface area contributed by atoms with Gasteiger partial charge in [-0.05, 0) is 42.8 Å². The summed E-state index contributed by atoms with van der Waals surface area (Å²) in [7, 11) is 0. The molecule has 0 atom stereocenters. The van der Waals surface area contributed by atoms with Gasteiger partial charge in [0.2, 0.25) is 0 Å². The van der Waals surface area contributed by atoms with Crippen LogP contribution in [-0.2, 0) is 4.79 Å². The van der Waals surface area contributed by atoms with Gasteiger partial charge in [-0.25, -0.2) is 0 Å². The quantitative estimate of drug-likeness (QED) is 0.939. The van der Waals surface area contributed by atoms with Crippen molar-refractivity contribution >= 4 is 23.2 Å². The van der Waals surface area contributed by atoms with Crippen molar-refractivity contribution in [1.82, 2.24) is 0 Å². The van der Waals surface area contributed by atoms with E-state index in [9.17, 15) is 4.79 Å². The van der Waals surface area contributed by atoms with Gasteiger partial charge in [0.25, 0.3) is 5.91 Å². The molecule has 0 saturated heterocycles. The first-order valence-corrected chi connectivity index (χ1v) is 6.66. The monoisotopic (exact) mass is 300 g/mol. The van der Waals surface area contributed by atoms with Crippen LogP contribution in [0.4, 0.5) is 5.69 Å². The highest BCUT2D eigenvalue weighted by atomic mass is 35.5. The first-order chi connectivity index (χ1) is 10.1. The zero-order valence-corrected chi connectivity index (χ0v) is 12.1. The van der Waals surface area contributed by atoms with Crippen LogP contribution in [0.5, 0.6) is 5.75 Å². The Morgan fingerprint density at radius 2 is 2.10 bits per heavy atom. The topological polar surface area (TPSA) is 62.1 Å². The predicted molar refractivity (Wildman–Crippen MR) is 81.5 cm³/mol. The second kappa shape index (κ2) is 6.78. The normalized spacial score (nSPS) is 9.76. The van der Waals surface area contributed by atoms with Gasteiger partial charge in [-0.1, -0.05) is 23.7 Å². The smallest absolute Gasteiger partial charge is 0.262 e. The number of amides is 1. The van der Waals surface area contributed by atoms with Crippen molar-refractivity contribution in [3.63, 3.8) is 0 Å². The third-order valence-corrected chi connectivity index (χ3v) is 3.05. The molecular weight excluding hydrogens is 288 g/mol. The zero-order chi connectivity index (χ0) is 15.2. The summed E-state index contributed by atoms with van der Waals surface area (Å²) in [6, 6.07) is 14.0. The molecule has 0 unspecified atom stereocenters. The number of halogens is 1. The third-order valence-electron chi connectivity index (χ3n) is 2.82. The van der Waals surface area contributed by atoms with E-state index in [1.165, 1.54) is 0 Å². The van der Waals surface area contributed by atoms with Gasteiger partial charge in [0, 0.05) is 5.02 Å². The zero-order valence-electron chi connectivity index (χ0n) is 11.4. The van der Waals surface area contributed by atoms with Crippen LogP contribution < -0.4 is 10.1 Å². The van der Waals surface area contributed by atoms with Crippen molar-refractivity contribution < 1.29 is 9.53 Å². The Morgan fingerprint density at radius 1 is 1.33 bits per heavy atom. The molecule has 0 spiro atoms. The minimum Gasteiger partial charge on any atom is -0.483 e. The Bertz CT molecular complexity index is 708. The SMILES string of the molecule is Cc1cc(Cl)ccc1OCC(=O)Nc1ccccc1C#N. The maximum absolute atomic E-state index is 11.9. The van der Waals surface area contributed by atoms with Gasteiger partial charge in [0.15, 0.2) is 6.61 Å². The lowest BCUT2D eigenvalue weighted by Gasteiger charge is -2.10. The van der Waals surface area contributed by atoms with E-state index in [0.29, 0.717) is 22.0 Å². The minimum atomic E-state index is -0.327. The van der Waals surface area contributed by atoms with E-state index in [0.717, 1.165) is 5.56 Å². The Morgan fingerprint density at radius 3 is 2.81 bits per heavy atom. The van der Waals surface area contributed by atoms with E-state index in [1.54, 1.807) is 42.5 Å². The lowest BCUT2D eigenvalue weighted by Crippen LogP contribution is -2.20. The number of aryl methyl sites for hydroxylation is 1. The lowest BCUT2D eigenvalue weighted by molar-refractivity contribution is -0.118. The molecule has 1 N–H and O–H groups in total. The number of carbonyl (C=O) groups excluding carboxylic acids is 1. The molecule has 106 valence electrons. The van der Waals surface area contributed by atoms with Crippen LogP contribution >= 0.6 is 11.6 Å². The molecule has 2 aromatic rings. The van der Waals surface area contributed by atoms with Gasteiger partial charge in [0.1, 0.15) is 11.8 Å². The molecule has 0 heterocycles. The molecule has 0 fully saturated rings. The predicted octanol–water partition coefficient (Wildman–Crippen LogP) is 3.54. The molecule has 4 nitrogen and oxygen atoms in total. The highest BCUT2D eigenvalue weighted by molar-refractivity contribution is 6.30. The minimum absolute atomic E-state index is 0.137. The average molecular weight is 301 g/mol. The van der Waals surface area contributed by atoms with Crippen molar-refractivity contribution in [3.05, 3.63) is 58.6 Å². The van der Waals surface area contributed by atoms with Gasteiger partial charge in [0.05, 0.1) is 11.3 Å². The van der Waals surface area contributed by atoms with Crippen LogP contribution in [0.1, 0.15) is 11.1 Å². The van der Waals surface area contributed by atoms with Gasteiger partial charge in [-0.2, -0.15) is 5.26 Å². The van der Waals surface area contributed by atoms with Crippen LogP contribution in [-0.4, -0.2) is 12.5 Å². The Hall–Kier alpha value is -2.51. The highest BCUT2D eigenvalue weighted by Gasteiger charge is 2.08. The number of nitrogens with zero attached hydrogens (tertiary/aromatic N) is 1. The van der Waals surface area contributed by atoms with E-state index >= 15 is 0 Å². The molecular formula is C16H13ClN2O2. The maximum atomic E-state index is 11.9. The number of nitrogens with one attached hydrogen (secondary N) is 1. The summed E-state index contributed by atoms with van der Waals surface area (Å²) in [6.45, 7) is 1.71. The molecule has 5 heteroatoms. The Balaban J connectivity index is 1.98. The molecule has 0 aliphatic heterocycles. The van der Waals surface area contributed by atoms with Crippen LogP contribution in [0, 0.1) is 18.3 Å². The molecule has 0 aliphatic rings. The number of carbonyl (C=O) groups is 1. The average Bonchev–Trinajstić information content (AvgIpc) is 2.47. The van der Waals surface area contributed by atoms with E-state index in [4.69, 9.17) is 21.6 Å². The van der Waals surface area contributed by atoms with Gasteiger partial charge >= 0.3 is 0 Å². The van der Waals surface area contributed by atoms with Crippen LogP contribution in [0.2, 0.25) is 5.02 Å². The van der Waals surface area contributed by atoms with Crippen molar-refractivity contribution in [2.75, 3.05) is 11.9 Å². The summed E-state index contributed by atoms with van der Waals surface area (Å²) in [4.78, 5) is 11.9. The van der Waals surface area contributed by atoms with Gasteiger partial charge in [-0.15, -0.1) is 0 Å². The fourth-order valence-electron chi connectivity index (χ4n) is 1.79.